The Morgan fingerprint density at radius 1 is 1.08 bits per heavy atom. The van der Waals surface area contributed by atoms with Crippen LogP contribution in [0, 0.1) is 0 Å². The fourth-order valence-electron chi connectivity index (χ4n) is 2.16. The molecule has 0 heterocycles. The third-order valence-electron chi connectivity index (χ3n) is 3.54. The van der Waals surface area contributed by atoms with Gasteiger partial charge in [-0.2, -0.15) is 12.1 Å². The molecule has 0 amide bonds. The molecule has 3 aromatic rings. The molecule has 3 rings (SSSR count). The van der Waals surface area contributed by atoms with Gasteiger partial charge in [-0.25, -0.2) is 0 Å². The molecule has 26 heavy (non-hydrogen) atoms. The number of ether oxygens (including phenoxy) is 1. The summed E-state index contributed by atoms with van der Waals surface area (Å²) in [6, 6.07) is 22.2. The summed E-state index contributed by atoms with van der Waals surface area (Å²) in [7, 11) is 1.62. The monoisotopic (exact) mass is 388 g/mol. The van der Waals surface area contributed by atoms with Gasteiger partial charge < -0.3 is 44.2 Å². The third-order valence-corrected chi connectivity index (χ3v) is 3.54. The molecule has 0 aliphatic carbocycles. The van der Waals surface area contributed by atoms with Crippen molar-refractivity contribution in [1.82, 2.24) is 0 Å². The van der Waals surface area contributed by atoms with Crippen molar-refractivity contribution in [1.29, 1.82) is 0 Å². The van der Waals surface area contributed by atoms with E-state index in [1.54, 1.807) is 38.3 Å². The van der Waals surface area contributed by atoms with Crippen LogP contribution in [-0.4, -0.2) is 18.7 Å². The minimum Gasteiger partial charge on any atom is -0.718 e. The summed E-state index contributed by atoms with van der Waals surface area (Å²) < 4.78 is 5.12. The first-order valence-electron chi connectivity index (χ1n) is 7.91. The number of benzene rings is 1. The predicted molar refractivity (Wildman–Crippen MR) is 100 cm³/mol. The van der Waals surface area contributed by atoms with Crippen LogP contribution in [0.2, 0.25) is 0 Å². The number of carbonyl (C=O) groups excluding carboxylic acids is 2. The van der Waals surface area contributed by atoms with Crippen LogP contribution < -0.4 is 4.74 Å². The molecular weight excluding hydrogens is 368 g/mol. The van der Waals surface area contributed by atoms with Gasteiger partial charge >= 0.3 is 0 Å². The number of methoxy groups -OCH3 is 1. The largest absolute Gasteiger partial charge is 0.718 e. The van der Waals surface area contributed by atoms with Gasteiger partial charge in [-0.1, -0.05) is 29.8 Å². The molecule has 0 spiro atoms. The number of hydrogen-bond donors (Lipinski definition) is 0. The van der Waals surface area contributed by atoms with E-state index in [2.05, 4.69) is 0 Å². The van der Waals surface area contributed by atoms with E-state index in [4.69, 9.17) is 4.74 Å². The summed E-state index contributed by atoms with van der Waals surface area (Å²) >= 11 is 0. The van der Waals surface area contributed by atoms with Crippen LogP contribution in [0.1, 0.15) is 33.2 Å². The smallest absolute Gasteiger partial charge is 0.119 e. The molecule has 3 aromatic carbocycles. The van der Waals surface area contributed by atoms with E-state index in [0.717, 1.165) is 16.9 Å². The molecule has 0 saturated heterocycles. The van der Waals surface area contributed by atoms with E-state index in [0.29, 0.717) is 5.56 Å². The molecule has 0 saturated carbocycles. The maximum absolute atomic E-state index is 11.7. The van der Waals surface area contributed by atoms with Gasteiger partial charge in [-0.05, 0) is 17.7 Å². The van der Waals surface area contributed by atoms with Crippen LogP contribution in [0.25, 0.3) is 6.08 Å². The number of hydrogen-bond acceptors (Lipinski definition) is 3. The van der Waals surface area contributed by atoms with Crippen LogP contribution in [0.4, 0.5) is 0 Å². The van der Waals surface area contributed by atoms with Crippen molar-refractivity contribution < 1.29 is 31.4 Å². The molecule has 0 aliphatic rings. The normalized spacial score (nSPS) is 9.77. The Labute approximate surface area is 164 Å². The van der Waals surface area contributed by atoms with Crippen molar-refractivity contribution in [2.75, 3.05) is 7.11 Å². The topological polar surface area (TPSA) is 43.4 Å². The summed E-state index contributed by atoms with van der Waals surface area (Å²) in [6.45, 7) is 1.56. The van der Waals surface area contributed by atoms with Gasteiger partial charge in [-0.3, -0.25) is 5.78 Å². The van der Waals surface area contributed by atoms with Crippen LogP contribution in [0.3, 0.4) is 0 Å². The molecule has 0 aromatic heterocycles. The van der Waals surface area contributed by atoms with Crippen LogP contribution in [-0.2, 0) is 17.1 Å². The fourth-order valence-corrected chi connectivity index (χ4v) is 2.16. The fraction of sp³-hybridized carbons (Fsp3) is 0.0909. The molecule has 3 nitrogen and oxygen atoms in total. The van der Waals surface area contributed by atoms with Crippen molar-refractivity contribution in [2.45, 2.75) is 6.92 Å². The summed E-state index contributed by atoms with van der Waals surface area (Å²) in [5.74, 6) is 0.931. The zero-order valence-electron chi connectivity index (χ0n) is 14.7. The second-order valence-electron chi connectivity index (χ2n) is 5.38. The van der Waals surface area contributed by atoms with Crippen LogP contribution >= 0.6 is 0 Å². The number of Topliss-reactive ketones (excluding diaryl/α,β-unsaturated/α-hetero) is 1. The van der Waals surface area contributed by atoms with Crippen molar-refractivity contribution >= 4 is 17.6 Å². The van der Waals surface area contributed by atoms with Crippen LogP contribution in [0.15, 0.2) is 78.9 Å². The quantitative estimate of drug-likeness (QED) is 0.270. The maximum Gasteiger partial charge on any atom is 0.119 e. The summed E-state index contributed by atoms with van der Waals surface area (Å²) in [5.41, 5.74) is 2.46. The minimum absolute atomic E-state index is 0. The Morgan fingerprint density at radius 3 is 2.27 bits per heavy atom. The van der Waals surface area contributed by atoms with Gasteiger partial charge in [0.1, 0.15) is 11.5 Å². The van der Waals surface area contributed by atoms with Crippen molar-refractivity contribution in [3.63, 3.8) is 0 Å². The van der Waals surface area contributed by atoms with Crippen molar-refractivity contribution in [2.24, 2.45) is 0 Å². The van der Waals surface area contributed by atoms with Crippen molar-refractivity contribution in [3.8, 4) is 5.75 Å². The van der Waals surface area contributed by atoms with Gasteiger partial charge in [0.25, 0.3) is 0 Å². The molecular formula is C22H20FeO3-6. The Balaban J connectivity index is 0.000000318. The number of allylic oxidation sites excluding steroid dienone is 1. The Bertz CT molecular complexity index is 828. The molecule has 0 aliphatic heterocycles. The molecule has 140 valence electrons. The van der Waals surface area contributed by atoms with E-state index in [9.17, 15) is 9.59 Å². The standard InChI is InChI=1S/C15H13O2.C7H7O.Fe/c1-17-14-8-4-5-12(11-14)9-10-15(16)13-6-2-3-7-13;1-6(8)7-4-2-3-5-7;/h2-11H,1H3;2-5H,1H3;/q-1;-5;. The van der Waals surface area contributed by atoms with E-state index < -0.39 is 0 Å². The van der Waals surface area contributed by atoms with Gasteiger partial charge in [0.15, 0.2) is 0 Å². The van der Waals surface area contributed by atoms with Crippen LogP contribution in [0.5, 0.6) is 5.75 Å². The van der Waals surface area contributed by atoms with E-state index >= 15 is 0 Å². The molecule has 0 unspecified atom stereocenters. The Hall–Kier alpha value is -2.68. The second-order valence-corrected chi connectivity index (χ2v) is 5.38. The average Bonchev–Trinajstić information content (AvgIpc) is 3.33. The Kier molecular flexibility index (Phi) is 9.07. The summed E-state index contributed by atoms with van der Waals surface area (Å²) in [6.07, 6.45) is 3.36. The number of rotatable bonds is 5. The van der Waals surface area contributed by atoms with E-state index in [1.165, 1.54) is 0 Å². The molecule has 0 atom stereocenters. The second kappa shape index (κ2) is 11.0. The molecule has 0 bridgehead atoms. The maximum atomic E-state index is 11.7. The van der Waals surface area contributed by atoms with Gasteiger partial charge in [-0.15, -0.1) is 19.1 Å². The first-order chi connectivity index (χ1) is 12.1. The van der Waals surface area contributed by atoms with Crippen molar-refractivity contribution in [3.05, 3.63) is 95.6 Å². The zero-order chi connectivity index (χ0) is 18.1. The van der Waals surface area contributed by atoms with Gasteiger partial charge in [0, 0.05) is 17.1 Å². The molecule has 0 radical (unpaired) electrons. The first-order valence-corrected chi connectivity index (χ1v) is 7.91. The molecule has 0 N–H and O–H groups in total. The van der Waals surface area contributed by atoms with E-state index in [-0.39, 0.29) is 28.6 Å². The Morgan fingerprint density at radius 2 is 1.73 bits per heavy atom. The first kappa shape index (κ1) is 21.4. The molecule has 0 fully saturated rings. The third kappa shape index (κ3) is 6.67. The number of ketones is 2. The van der Waals surface area contributed by atoms with E-state index in [1.807, 2.05) is 60.7 Å². The summed E-state index contributed by atoms with van der Waals surface area (Å²) in [5, 5.41) is 0. The minimum atomic E-state index is 0. The SMILES string of the molecule is CC(=O)[c-]1[cH-][cH-][cH-][cH-]1.COc1cccc(C=CC(=O)[c-]2cccc2)c1.[Fe]. The molecule has 4 heteroatoms. The number of carbonyl (C=O) groups is 2. The predicted octanol–water partition coefficient (Wildman–Crippen LogP) is 4.92. The summed E-state index contributed by atoms with van der Waals surface area (Å²) in [4.78, 5) is 22.2. The zero-order valence-corrected chi connectivity index (χ0v) is 15.8. The van der Waals surface area contributed by atoms with Gasteiger partial charge in [0.2, 0.25) is 0 Å². The average molecular weight is 388 g/mol. The van der Waals surface area contributed by atoms with Gasteiger partial charge in [0.05, 0.1) is 7.11 Å².